The summed E-state index contributed by atoms with van der Waals surface area (Å²) in [6.45, 7) is 5.37. The lowest BCUT2D eigenvalue weighted by atomic mass is 10.2. The van der Waals surface area contributed by atoms with Gasteiger partial charge in [-0.3, -0.25) is 4.79 Å². The number of aliphatic carboxylic acids is 1. The van der Waals surface area contributed by atoms with E-state index in [4.69, 9.17) is 5.11 Å². The second-order valence-corrected chi connectivity index (χ2v) is 5.95. The number of alkyl halides is 2. The van der Waals surface area contributed by atoms with Crippen molar-refractivity contribution < 1.29 is 9.90 Å². The zero-order chi connectivity index (χ0) is 10.9. The molecule has 0 aromatic heterocycles. The molecular weight excluding hydrogens is 300 g/mol. The molecule has 0 fully saturated rings. The summed E-state index contributed by atoms with van der Waals surface area (Å²) >= 11 is 6.29. The zero-order valence-corrected chi connectivity index (χ0v) is 11.6. The Morgan fingerprint density at radius 3 is 1.85 bits per heavy atom. The molecule has 0 bridgehead atoms. The van der Waals surface area contributed by atoms with Crippen LogP contribution in [-0.4, -0.2) is 20.7 Å². The van der Waals surface area contributed by atoms with Crippen LogP contribution in [0.5, 0.6) is 0 Å². The molecule has 4 heteroatoms. The van der Waals surface area contributed by atoms with Crippen LogP contribution in [0, 0.1) is 0 Å². The highest BCUT2D eigenvalue weighted by Crippen LogP contribution is 2.14. The summed E-state index contributed by atoms with van der Waals surface area (Å²) in [5.74, 6) is -0.840. The minimum Gasteiger partial charge on any atom is -0.480 e. The Morgan fingerprint density at radius 1 is 1.38 bits per heavy atom. The Labute approximate surface area is 97.4 Å². The molecule has 0 heterocycles. The van der Waals surface area contributed by atoms with Crippen LogP contribution >= 0.6 is 31.9 Å². The third-order valence-electron chi connectivity index (χ3n) is 1.25. The number of carbonyl (C=O) groups is 1. The third kappa shape index (κ3) is 15.2. The van der Waals surface area contributed by atoms with Crippen molar-refractivity contribution in [3.63, 3.8) is 0 Å². The van der Waals surface area contributed by atoms with Crippen LogP contribution in [0.15, 0.2) is 0 Å². The van der Waals surface area contributed by atoms with Gasteiger partial charge in [0.25, 0.3) is 0 Å². The first-order chi connectivity index (χ1) is 5.86. The van der Waals surface area contributed by atoms with Gasteiger partial charge in [-0.2, -0.15) is 0 Å². The Bertz CT molecular complexity index is 126. The monoisotopic (exact) mass is 316 g/mol. The van der Waals surface area contributed by atoms with Crippen molar-refractivity contribution in [3.05, 3.63) is 0 Å². The van der Waals surface area contributed by atoms with Gasteiger partial charge in [0.15, 0.2) is 0 Å². The summed E-state index contributed by atoms with van der Waals surface area (Å²) in [6, 6.07) is 0. The number of unbranched alkanes of at least 4 members (excludes halogenated alkanes) is 2. The summed E-state index contributed by atoms with van der Waals surface area (Å²) in [5, 5.41) is 9.37. The number of hydrogen-bond acceptors (Lipinski definition) is 1. The summed E-state index contributed by atoms with van der Waals surface area (Å²) in [5.41, 5.74) is 0. The van der Waals surface area contributed by atoms with Crippen molar-refractivity contribution in [2.24, 2.45) is 0 Å². The van der Waals surface area contributed by atoms with Crippen LogP contribution in [0.2, 0.25) is 0 Å². The van der Waals surface area contributed by atoms with E-state index in [2.05, 4.69) is 38.8 Å². The van der Waals surface area contributed by atoms with Gasteiger partial charge < -0.3 is 5.11 Å². The van der Waals surface area contributed by atoms with Crippen LogP contribution < -0.4 is 0 Å². The Morgan fingerprint density at radius 2 is 1.77 bits per heavy atom. The topological polar surface area (TPSA) is 37.3 Å². The maximum Gasteiger partial charge on any atom is 0.319 e. The highest BCUT2D eigenvalue weighted by Gasteiger charge is 2.21. The van der Waals surface area contributed by atoms with Crippen LogP contribution in [0.3, 0.4) is 0 Å². The minimum atomic E-state index is -0.840. The number of carboxylic acid groups (broad SMARTS) is 1. The molecule has 1 N–H and O–H groups in total. The van der Waals surface area contributed by atoms with Crippen molar-refractivity contribution in [2.75, 3.05) is 5.33 Å². The van der Waals surface area contributed by atoms with Gasteiger partial charge in [0.05, 0.1) is 0 Å². The highest BCUT2D eigenvalue weighted by atomic mass is 79.9. The number of halogens is 2. The quantitative estimate of drug-likeness (QED) is 0.632. The average molecular weight is 318 g/mol. The summed E-state index contributed by atoms with van der Waals surface area (Å²) in [6.07, 6.45) is 4.02. The van der Waals surface area contributed by atoms with E-state index in [1.807, 2.05) is 0 Å². The Kier molecular flexibility index (Phi) is 11.0. The zero-order valence-electron chi connectivity index (χ0n) is 8.44. The van der Waals surface area contributed by atoms with Gasteiger partial charge in [0.1, 0.15) is 4.32 Å². The van der Waals surface area contributed by atoms with E-state index in [1.54, 1.807) is 13.8 Å². The lowest BCUT2D eigenvalue weighted by Crippen LogP contribution is -2.22. The molecule has 0 atom stereocenters. The van der Waals surface area contributed by atoms with Crippen molar-refractivity contribution in [1.82, 2.24) is 0 Å². The van der Waals surface area contributed by atoms with Crippen molar-refractivity contribution in [1.29, 1.82) is 0 Å². The predicted octanol–water partition coefficient (Wildman–Crippen LogP) is 3.82. The maximum atomic E-state index is 9.97. The predicted molar refractivity (Wildman–Crippen MR) is 64.0 cm³/mol. The van der Waals surface area contributed by atoms with Crippen LogP contribution in [0.1, 0.15) is 40.0 Å². The fraction of sp³-hybridized carbons (Fsp3) is 0.889. The summed E-state index contributed by atoms with van der Waals surface area (Å²) in [4.78, 5) is 9.97. The van der Waals surface area contributed by atoms with E-state index < -0.39 is 10.3 Å². The lowest BCUT2D eigenvalue weighted by molar-refractivity contribution is -0.138. The Hall–Kier alpha value is 0.430. The molecular formula is C9H18Br2O2. The molecule has 0 unspecified atom stereocenters. The molecule has 0 aliphatic carbocycles. The largest absolute Gasteiger partial charge is 0.480 e. The third-order valence-corrected chi connectivity index (χ3v) is 2.15. The molecule has 0 rings (SSSR count). The molecule has 0 aliphatic heterocycles. The number of rotatable bonds is 4. The standard InChI is InChI=1S/C5H11Br.C4H7BrO2/c1-2-3-4-5-6;1-4(2,5)3(6)7/h2-5H2,1H3;1-2H3,(H,6,7). The molecule has 0 aromatic carbocycles. The van der Waals surface area contributed by atoms with Crippen molar-refractivity contribution in [3.8, 4) is 0 Å². The van der Waals surface area contributed by atoms with E-state index in [0.717, 1.165) is 0 Å². The van der Waals surface area contributed by atoms with Crippen molar-refractivity contribution >= 4 is 37.8 Å². The fourth-order valence-electron chi connectivity index (χ4n) is 0.344. The van der Waals surface area contributed by atoms with E-state index in [0.29, 0.717) is 0 Å². The number of hydrogen-bond donors (Lipinski definition) is 1. The summed E-state index contributed by atoms with van der Waals surface area (Å²) in [7, 11) is 0. The van der Waals surface area contributed by atoms with E-state index in [-0.39, 0.29) is 0 Å². The van der Waals surface area contributed by atoms with Crippen molar-refractivity contribution in [2.45, 2.75) is 44.4 Å². The van der Waals surface area contributed by atoms with Crippen LogP contribution in [-0.2, 0) is 4.79 Å². The second-order valence-electron chi connectivity index (χ2n) is 3.17. The molecule has 80 valence electrons. The first-order valence-electron chi connectivity index (χ1n) is 4.34. The van der Waals surface area contributed by atoms with Gasteiger partial charge in [-0.05, 0) is 20.3 Å². The van der Waals surface area contributed by atoms with Gasteiger partial charge in [-0.15, -0.1) is 0 Å². The van der Waals surface area contributed by atoms with Gasteiger partial charge in [0.2, 0.25) is 0 Å². The molecule has 13 heavy (non-hydrogen) atoms. The lowest BCUT2D eigenvalue weighted by Gasteiger charge is -2.06. The normalized spacial score (nSPS) is 10.2. The molecule has 0 saturated heterocycles. The van der Waals surface area contributed by atoms with Gasteiger partial charge >= 0.3 is 5.97 Å². The van der Waals surface area contributed by atoms with E-state index >= 15 is 0 Å². The van der Waals surface area contributed by atoms with Crippen LogP contribution in [0.4, 0.5) is 0 Å². The maximum absolute atomic E-state index is 9.97. The SMILES string of the molecule is CC(C)(Br)C(=O)O.CCCCCBr. The van der Waals surface area contributed by atoms with Gasteiger partial charge in [-0.25, -0.2) is 0 Å². The minimum absolute atomic E-state index is 0.771. The first-order valence-corrected chi connectivity index (χ1v) is 6.26. The second kappa shape index (κ2) is 9.00. The molecule has 0 spiro atoms. The molecule has 0 amide bonds. The number of carboxylic acids is 1. The van der Waals surface area contributed by atoms with Gasteiger partial charge in [0, 0.05) is 5.33 Å². The highest BCUT2D eigenvalue weighted by molar-refractivity contribution is 9.10. The molecule has 0 radical (unpaired) electrons. The van der Waals surface area contributed by atoms with Crippen LogP contribution in [0.25, 0.3) is 0 Å². The Balaban J connectivity index is 0. The smallest absolute Gasteiger partial charge is 0.319 e. The fourth-order valence-corrected chi connectivity index (χ4v) is 0.741. The summed E-state index contributed by atoms with van der Waals surface area (Å²) < 4.78 is -0.771. The van der Waals surface area contributed by atoms with E-state index in [9.17, 15) is 4.79 Å². The average Bonchev–Trinajstić information content (AvgIpc) is 2.00. The van der Waals surface area contributed by atoms with Gasteiger partial charge in [-0.1, -0.05) is 51.6 Å². The van der Waals surface area contributed by atoms with E-state index in [1.165, 1.54) is 24.6 Å². The molecule has 2 nitrogen and oxygen atoms in total. The molecule has 0 aliphatic rings. The first kappa shape index (κ1) is 15.9. The molecule has 0 aromatic rings. The molecule has 0 saturated carbocycles.